The Morgan fingerprint density at radius 3 is 2.73 bits per heavy atom. The van der Waals surface area contributed by atoms with E-state index in [0.717, 1.165) is 17.5 Å². The normalized spacial score (nSPS) is 18.8. The first kappa shape index (κ1) is 21.7. The number of carbonyl (C=O) groups excluding carboxylic acids is 3. The summed E-state index contributed by atoms with van der Waals surface area (Å²) in [5, 5.41) is 7.03. The lowest BCUT2D eigenvalue weighted by atomic mass is 9.74. The van der Waals surface area contributed by atoms with Crippen LogP contribution in [0.15, 0.2) is 42.7 Å². The number of imide groups is 1. The molecule has 160 valence electrons. The first-order valence-electron chi connectivity index (χ1n) is 10.1. The van der Waals surface area contributed by atoms with Crippen molar-refractivity contribution in [1.82, 2.24) is 20.0 Å². The zero-order valence-electron chi connectivity index (χ0n) is 17.5. The molecule has 0 saturated carbocycles. The number of rotatable bonds is 10. The SMILES string of the molecule is COCCN1C(=O)CC(CC(=O)NCCCn2cccn2)(c2ccccc2C)C1=O. The Hall–Kier alpha value is -3.00. The van der Waals surface area contributed by atoms with Crippen LogP contribution in [0.25, 0.3) is 0 Å². The maximum Gasteiger partial charge on any atom is 0.240 e. The van der Waals surface area contributed by atoms with Crippen molar-refractivity contribution in [2.24, 2.45) is 0 Å². The molecular formula is C22H28N4O4. The molecule has 0 aliphatic carbocycles. The standard InChI is InChI=1S/C22H28N4O4/c1-17-7-3-4-8-18(17)22(16-20(28)26(21(22)29)13-14-30-2)15-19(27)23-9-5-11-25-12-6-10-24-25/h3-4,6-8,10,12H,5,9,11,13-16H2,1-2H3,(H,23,27). The van der Waals surface area contributed by atoms with E-state index in [-0.39, 0.29) is 43.7 Å². The Balaban J connectivity index is 1.74. The van der Waals surface area contributed by atoms with Gasteiger partial charge in [-0.15, -0.1) is 0 Å². The molecule has 1 aliphatic rings. The van der Waals surface area contributed by atoms with Crippen molar-refractivity contribution in [3.05, 3.63) is 53.9 Å². The van der Waals surface area contributed by atoms with Crippen LogP contribution < -0.4 is 5.32 Å². The van der Waals surface area contributed by atoms with Gasteiger partial charge in [-0.1, -0.05) is 24.3 Å². The number of ether oxygens (including phenoxy) is 1. The first-order valence-corrected chi connectivity index (χ1v) is 10.1. The molecular weight excluding hydrogens is 384 g/mol. The van der Waals surface area contributed by atoms with Crippen molar-refractivity contribution in [2.45, 2.75) is 38.1 Å². The molecule has 2 heterocycles. The van der Waals surface area contributed by atoms with Gasteiger partial charge >= 0.3 is 0 Å². The average molecular weight is 412 g/mol. The number of aryl methyl sites for hydroxylation is 2. The molecule has 0 spiro atoms. The smallest absolute Gasteiger partial charge is 0.240 e. The molecule has 1 saturated heterocycles. The lowest BCUT2D eigenvalue weighted by Gasteiger charge is -2.28. The minimum atomic E-state index is -1.18. The fourth-order valence-electron chi connectivity index (χ4n) is 4.00. The number of nitrogens with one attached hydrogen (secondary N) is 1. The molecule has 1 unspecified atom stereocenters. The molecule has 3 rings (SSSR count). The number of hydrogen-bond donors (Lipinski definition) is 1. The summed E-state index contributed by atoms with van der Waals surface area (Å²) in [6.07, 6.45) is 4.22. The van der Waals surface area contributed by atoms with Crippen LogP contribution in [0.1, 0.15) is 30.4 Å². The third-order valence-electron chi connectivity index (χ3n) is 5.50. The number of amides is 3. The molecule has 3 amide bonds. The maximum atomic E-state index is 13.4. The van der Waals surface area contributed by atoms with Gasteiger partial charge in [0.15, 0.2) is 0 Å². The van der Waals surface area contributed by atoms with Crippen molar-refractivity contribution < 1.29 is 19.1 Å². The quantitative estimate of drug-likeness (QED) is 0.471. The van der Waals surface area contributed by atoms with Crippen LogP contribution in [-0.2, 0) is 31.1 Å². The minimum Gasteiger partial charge on any atom is -0.383 e. The Labute approximate surface area is 176 Å². The van der Waals surface area contributed by atoms with E-state index in [1.165, 1.54) is 12.0 Å². The molecule has 1 N–H and O–H groups in total. The van der Waals surface area contributed by atoms with E-state index in [1.54, 1.807) is 10.9 Å². The van der Waals surface area contributed by atoms with E-state index >= 15 is 0 Å². The highest BCUT2D eigenvalue weighted by Crippen LogP contribution is 2.41. The number of aromatic nitrogens is 2. The highest BCUT2D eigenvalue weighted by Gasteiger charge is 2.53. The van der Waals surface area contributed by atoms with Crippen molar-refractivity contribution in [3.8, 4) is 0 Å². The first-order chi connectivity index (χ1) is 14.5. The molecule has 1 atom stereocenters. The lowest BCUT2D eigenvalue weighted by Crippen LogP contribution is -2.43. The van der Waals surface area contributed by atoms with Gasteiger partial charge in [-0.05, 0) is 30.5 Å². The fraction of sp³-hybridized carbons (Fsp3) is 0.455. The topological polar surface area (TPSA) is 93.5 Å². The predicted octanol–water partition coefficient (Wildman–Crippen LogP) is 1.43. The van der Waals surface area contributed by atoms with Crippen molar-refractivity contribution >= 4 is 17.7 Å². The highest BCUT2D eigenvalue weighted by atomic mass is 16.5. The average Bonchev–Trinajstić information content (AvgIpc) is 3.32. The summed E-state index contributed by atoms with van der Waals surface area (Å²) in [6.45, 7) is 3.51. The molecule has 8 nitrogen and oxygen atoms in total. The molecule has 2 aromatic rings. The number of methoxy groups -OCH3 is 1. The summed E-state index contributed by atoms with van der Waals surface area (Å²) in [5.41, 5.74) is 0.441. The van der Waals surface area contributed by atoms with Crippen LogP contribution in [0, 0.1) is 6.92 Å². The molecule has 0 bridgehead atoms. The van der Waals surface area contributed by atoms with Crippen molar-refractivity contribution in [2.75, 3.05) is 26.8 Å². The van der Waals surface area contributed by atoms with Gasteiger partial charge in [0.05, 0.1) is 18.6 Å². The number of nitrogens with zero attached hydrogens (tertiary/aromatic N) is 3. The van der Waals surface area contributed by atoms with Gasteiger partial charge < -0.3 is 10.1 Å². The van der Waals surface area contributed by atoms with E-state index in [4.69, 9.17) is 4.74 Å². The van der Waals surface area contributed by atoms with E-state index in [0.29, 0.717) is 13.1 Å². The van der Waals surface area contributed by atoms with Gasteiger partial charge in [0, 0.05) is 45.4 Å². The summed E-state index contributed by atoms with van der Waals surface area (Å²) in [7, 11) is 1.52. The van der Waals surface area contributed by atoms with Gasteiger partial charge in [0.1, 0.15) is 0 Å². The Morgan fingerprint density at radius 2 is 2.03 bits per heavy atom. The molecule has 1 aliphatic heterocycles. The maximum absolute atomic E-state index is 13.4. The largest absolute Gasteiger partial charge is 0.383 e. The summed E-state index contributed by atoms with van der Waals surface area (Å²) >= 11 is 0. The Kier molecular flexibility index (Phi) is 6.99. The third kappa shape index (κ3) is 4.59. The second kappa shape index (κ2) is 9.67. The van der Waals surface area contributed by atoms with Crippen LogP contribution in [0.2, 0.25) is 0 Å². The highest BCUT2D eigenvalue weighted by molar-refractivity contribution is 6.10. The molecule has 30 heavy (non-hydrogen) atoms. The third-order valence-corrected chi connectivity index (χ3v) is 5.50. The van der Waals surface area contributed by atoms with Gasteiger partial charge in [-0.25, -0.2) is 0 Å². The Bertz CT molecular complexity index is 896. The zero-order valence-corrected chi connectivity index (χ0v) is 17.5. The van der Waals surface area contributed by atoms with Crippen LogP contribution in [0.5, 0.6) is 0 Å². The molecule has 8 heteroatoms. The van der Waals surface area contributed by atoms with E-state index < -0.39 is 5.41 Å². The second-order valence-electron chi connectivity index (χ2n) is 7.57. The predicted molar refractivity (Wildman–Crippen MR) is 111 cm³/mol. The van der Waals surface area contributed by atoms with Gasteiger partial charge in [-0.2, -0.15) is 5.10 Å². The number of hydrogen-bond acceptors (Lipinski definition) is 5. The lowest BCUT2D eigenvalue weighted by molar-refractivity contribution is -0.141. The van der Waals surface area contributed by atoms with E-state index in [1.807, 2.05) is 43.5 Å². The van der Waals surface area contributed by atoms with E-state index in [2.05, 4.69) is 10.4 Å². The fourth-order valence-corrected chi connectivity index (χ4v) is 4.00. The van der Waals surface area contributed by atoms with E-state index in [9.17, 15) is 14.4 Å². The molecule has 1 aromatic heterocycles. The zero-order chi connectivity index (χ0) is 21.6. The summed E-state index contributed by atoms with van der Waals surface area (Å²) in [6, 6.07) is 9.30. The Morgan fingerprint density at radius 1 is 1.23 bits per heavy atom. The van der Waals surface area contributed by atoms with Gasteiger partial charge in [0.25, 0.3) is 0 Å². The van der Waals surface area contributed by atoms with Gasteiger partial charge in [-0.3, -0.25) is 24.0 Å². The van der Waals surface area contributed by atoms with Crippen LogP contribution in [0.4, 0.5) is 0 Å². The monoisotopic (exact) mass is 412 g/mol. The second-order valence-corrected chi connectivity index (χ2v) is 7.57. The van der Waals surface area contributed by atoms with Crippen LogP contribution in [0.3, 0.4) is 0 Å². The van der Waals surface area contributed by atoms with Gasteiger partial charge in [0.2, 0.25) is 17.7 Å². The van der Waals surface area contributed by atoms with Crippen LogP contribution >= 0.6 is 0 Å². The molecule has 1 fully saturated rings. The number of carbonyl (C=O) groups is 3. The molecule has 0 radical (unpaired) electrons. The van der Waals surface area contributed by atoms with Crippen LogP contribution in [-0.4, -0.2) is 59.2 Å². The number of benzene rings is 1. The summed E-state index contributed by atoms with van der Waals surface area (Å²) in [5.74, 6) is -0.842. The van der Waals surface area contributed by atoms with Crippen molar-refractivity contribution in [3.63, 3.8) is 0 Å². The van der Waals surface area contributed by atoms with Crippen molar-refractivity contribution in [1.29, 1.82) is 0 Å². The minimum absolute atomic E-state index is 0.0128. The summed E-state index contributed by atoms with van der Waals surface area (Å²) < 4.78 is 6.84. The number of likely N-dealkylation sites (tertiary alicyclic amines) is 1. The summed E-state index contributed by atoms with van der Waals surface area (Å²) in [4.78, 5) is 40.1. The molecule has 1 aromatic carbocycles.